The van der Waals surface area contributed by atoms with Gasteiger partial charge >= 0.3 is 0 Å². The summed E-state index contributed by atoms with van der Waals surface area (Å²) in [4.78, 5) is 18.3. The predicted octanol–water partition coefficient (Wildman–Crippen LogP) is 2.77. The average Bonchev–Trinajstić information content (AvgIpc) is 3.27. The van der Waals surface area contributed by atoms with E-state index in [4.69, 9.17) is 21.1 Å². The number of halogens is 1. The summed E-state index contributed by atoms with van der Waals surface area (Å²) in [7, 11) is 0. The number of amides is 1. The van der Waals surface area contributed by atoms with Crippen LogP contribution < -0.4 is 0 Å². The quantitative estimate of drug-likeness (QED) is 0.803. The van der Waals surface area contributed by atoms with E-state index in [0.717, 1.165) is 76.0 Å². The van der Waals surface area contributed by atoms with E-state index in [-0.39, 0.29) is 17.6 Å². The monoisotopic (exact) mass is 384 g/mol. The van der Waals surface area contributed by atoms with Crippen molar-refractivity contribution in [3.63, 3.8) is 0 Å². The second-order valence-corrected chi connectivity index (χ2v) is 9.07. The van der Waals surface area contributed by atoms with Gasteiger partial charge in [0.1, 0.15) is 6.10 Å². The zero-order valence-corrected chi connectivity index (χ0v) is 16.0. The second kappa shape index (κ2) is 7.53. The topological polar surface area (TPSA) is 42.0 Å². The lowest BCUT2D eigenvalue weighted by Gasteiger charge is -2.47. The molecular weight excluding hydrogens is 360 g/mol. The maximum Gasteiger partial charge on any atom is 0.251 e. The molecule has 1 amide bonds. The van der Waals surface area contributed by atoms with Crippen molar-refractivity contribution in [3.8, 4) is 0 Å². The smallest absolute Gasteiger partial charge is 0.251 e. The van der Waals surface area contributed by atoms with Gasteiger partial charge in [-0.25, -0.2) is 0 Å². The van der Waals surface area contributed by atoms with Crippen LogP contribution in [0.15, 0.2) is 12.1 Å². The van der Waals surface area contributed by atoms with Crippen LogP contribution in [0.4, 0.5) is 0 Å². The van der Waals surface area contributed by atoms with Crippen molar-refractivity contribution in [1.29, 1.82) is 0 Å². The molecule has 1 aromatic heterocycles. The van der Waals surface area contributed by atoms with Crippen LogP contribution >= 0.6 is 22.9 Å². The first-order chi connectivity index (χ1) is 12.1. The summed E-state index contributed by atoms with van der Waals surface area (Å²) in [5, 5.41) is 0. The van der Waals surface area contributed by atoms with Crippen molar-refractivity contribution in [2.75, 3.05) is 39.4 Å². The van der Waals surface area contributed by atoms with Gasteiger partial charge in [-0.2, -0.15) is 0 Å². The minimum Gasteiger partial charge on any atom is -0.372 e. The molecule has 0 aliphatic carbocycles. The normalized spacial score (nSPS) is 27.1. The number of piperidine rings is 1. The van der Waals surface area contributed by atoms with Gasteiger partial charge in [0.15, 0.2) is 0 Å². The molecule has 4 rings (SSSR count). The lowest BCUT2D eigenvalue weighted by molar-refractivity contribution is -0.157. The van der Waals surface area contributed by atoms with Crippen LogP contribution in [-0.4, -0.2) is 66.8 Å². The van der Waals surface area contributed by atoms with Crippen molar-refractivity contribution in [1.82, 2.24) is 9.80 Å². The van der Waals surface area contributed by atoms with Gasteiger partial charge < -0.3 is 14.4 Å². The van der Waals surface area contributed by atoms with Gasteiger partial charge in [-0.05, 0) is 37.8 Å². The zero-order chi connectivity index (χ0) is 17.3. The summed E-state index contributed by atoms with van der Waals surface area (Å²) < 4.78 is 12.6. The number of ether oxygens (including phenoxy) is 2. The molecule has 1 spiro atoms. The molecular formula is C18H25ClN2O3S. The highest BCUT2D eigenvalue weighted by atomic mass is 35.5. The molecule has 4 heterocycles. The molecule has 0 N–H and O–H groups in total. The van der Waals surface area contributed by atoms with E-state index in [2.05, 4.69) is 11.0 Å². The molecule has 5 nitrogen and oxygen atoms in total. The fourth-order valence-electron chi connectivity index (χ4n) is 4.13. The second-order valence-electron chi connectivity index (χ2n) is 7.27. The molecule has 0 radical (unpaired) electrons. The Labute approximate surface area is 157 Å². The van der Waals surface area contributed by atoms with Crippen LogP contribution in [0.5, 0.6) is 0 Å². The molecule has 3 aliphatic rings. The van der Waals surface area contributed by atoms with Crippen LogP contribution in [0.1, 0.15) is 30.6 Å². The maximum absolute atomic E-state index is 12.5. The van der Waals surface area contributed by atoms with Crippen LogP contribution in [0, 0.1) is 0 Å². The highest BCUT2D eigenvalue weighted by Gasteiger charge is 2.41. The Morgan fingerprint density at radius 2 is 2.12 bits per heavy atom. The Hall–Kier alpha value is -0.660. The minimum absolute atomic E-state index is 0.105. The summed E-state index contributed by atoms with van der Waals surface area (Å²) in [5.74, 6) is 0.174. The Morgan fingerprint density at radius 3 is 2.80 bits per heavy atom. The first-order valence-electron chi connectivity index (χ1n) is 9.15. The fourth-order valence-corrected chi connectivity index (χ4v) is 5.26. The molecule has 0 bridgehead atoms. The third kappa shape index (κ3) is 4.03. The Morgan fingerprint density at radius 1 is 1.28 bits per heavy atom. The third-order valence-corrected chi connectivity index (χ3v) is 6.74. The Balaban J connectivity index is 1.32. The van der Waals surface area contributed by atoms with Crippen molar-refractivity contribution >= 4 is 28.8 Å². The summed E-state index contributed by atoms with van der Waals surface area (Å²) in [6, 6.07) is 4.07. The number of rotatable bonds is 3. The van der Waals surface area contributed by atoms with Crippen LogP contribution in [0.25, 0.3) is 0 Å². The highest BCUT2D eigenvalue weighted by molar-refractivity contribution is 7.16. The zero-order valence-electron chi connectivity index (χ0n) is 14.4. The molecule has 0 aromatic carbocycles. The number of nitrogens with zero attached hydrogens (tertiary/aromatic N) is 2. The molecule has 138 valence electrons. The molecule has 0 unspecified atom stereocenters. The van der Waals surface area contributed by atoms with E-state index in [1.54, 1.807) is 11.3 Å². The highest BCUT2D eigenvalue weighted by Crippen LogP contribution is 2.32. The molecule has 3 fully saturated rings. The van der Waals surface area contributed by atoms with E-state index in [1.807, 2.05) is 11.0 Å². The Bertz CT molecular complexity index is 609. The van der Waals surface area contributed by atoms with Crippen LogP contribution in [-0.2, 0) is 20.8 Å². The van der Waals surface area contributed by atoms with Gasteiger partial charge in [-0.15, -0.1) is 11.3 Å². The molecule has 1 aromatic rings. The molecule has 3 aliphatic heterocycles. The maximum atomic E-state index is 12.5. The van der Waals surface area contributed by atoms with E-state index >= 15 is 0 Å². The number of thiophene rings is 1. The molecule has 3 saturated heterocycles. The number of hydrogen-bond donors (Lipinski definition) is 0. The van der Waals surface area contributed by atoms with Crippen LogP contribution in [0.2, 0.25) is 4.34 Å². The van der Waals surface area contributed by atoms with E-state index < -0.39 is 0 Å². The van der Waals surface area contributed by atoms with E-state index in [1.165, 1.54) is 4.88 Å². The summed E-state index contributed by atoms with van der Waals surface area (Å²) in [5.41, 5.74) is -0.105. The van der Waals surface area contributed by atoms with Crippen molar-refractivity contribution < 1.29 is 14.3 Å². The van der Waals surface area contributed by atoms with Gasteiger partial charge in [0, 0.05) is 44.2 Å². The van der Waals surface area contributed by atoms with Gasteiger partial charge in [0.25, 0.3) is 5.91 Å². The minimum atomic E-state index is -0.207. The largest absolute Gasteiger partial charge is 0.372 e. The van der Waals surface area contributed by atoms with Gasteiger partial charge in [0.2, 0.25) is 0 Å². The number of carbonyl (C=O) groups is 1. The number of hydrogen-bond acceptors (Lipinski definition) is 5. The molecule has 7 heteroatoms. The van der Waals surface area contributed by atoms with Gasteiger partial charge in [-0.1, -0.05) is 11.6 Å². The van der Waals surface area contributed by atoms with E-state index in [0.29, 0.717) is 0 Å². The number of carbonyl (C=O) groups excluding carboxylic acids is 1. The van der Waals surface area contributed by atoms with Crippen molar-refractivity contribution in [2.45, 2.75) is 43.9 Å². The Kier molecular flexibility index (Phi) is 5.34. The summed E-state index contributed by atoms with van der Waals surface area (Å²) in [6.07, 6.45) is 3.48. The molecule has 1 atom stereocenters. The standard InChI is InChI=1S/C18H25ClN2O3S/c19-16-4-3-14(25-16)12-20-9-11-24-18(13-20)5-7-21(8-6-18)17(22)15-2-1-10-23-15/h3-4,15H,1-2,5-13H2/t15-/m1/s1. The fraction of sp³-hybridized carbons (Fsp3) is 0.722. The summed E-state index contributed by atoms with van der Waals surface area (Å²) in [6.45, 7) is 5.86. The lowest BCUT2D eigenvalue weighted by Crippen LogP contribution is -2.58. The van der Waals surface area contributed by atoms with Crippen molar-refractivity contribution in [2.24, 2.45) is 0 Å². The SMILES string of the molecule is O=C([C@H]1CCCO1)N1CCC2(CC1)CN(Cc1ccc(Cl)s1)CCO2. The van der Waals surface area contributed by atoms with Crippen LogP contribution in [0.3, 0.4) is 0 Å². The predicted molar refractivity (Wildman–Crippen MR) is 98.1 cm³/mol. The molecule has 25 heavy (non-hydrogen) atoms. The first kappa shape index (κ1) is 17.7. The van der Waals surface area contributed by atoms with Gasteiger partial charge in [-0.3, -0.25) is 9.69 Å². The summed E-state index contributed by atoms with van der Waals surface area (Å²) >= 11 is 7.70. The number of likely N-dealkylation sites (tertiary alicyclic amines) is 1. The third-order valence-electron chi connectivity index (χ3n) is 5.53. The molecule has 0 saturated carbocycles. The number of morpholine rings is 1. The average molecular weight is 385 g/mol. The van der Waals surface area contributed by atoms with Crippen molar-refractivity contribution in [3.05, 3.63) is 21.3 Å². The van der Waals surface area contributed by atoms with Gasteiger partial charge in [0.05, 0.1) is 16.5 Å². The first-order valence-corrected chi connectivity index (χ1v) is 10.3. The van der Waals surface area contributed by atoms with E-state index in [9.17, 15) is 4.79 Å². The lowest BCUT2D eigenvalue weighted by atomic mass is 9.89.